The predicted octanol–water partition coefficient (Wildman–Crippen LogP) is 9.80. The molecule has 8 heteroatoms. The molecule has 0 amide bonds. The second-order valence-corrected chi connectivity index (χ2v) is 17.8. The van der Waals surface area contributed by atoms with Crippen molar-refractivity contribution in [1.82, 2.24) is 0 Å². The number of allylic oxidation sites excluding steroid dienone is 13. The summed E-state index contributed by atoms with van der Waals surface area (Å²) in [6.07, 6.45) is 25.8. The first kappa shape index (κ1) is 46.6. The minimum atomic E-state index is -1.23. The lowest BCUT2D eigenvalue weighted by atomic mass is 9.61. The quantitative estimate of drug-likeness (QED) is 0.0374. The number of unbranched alkanes of at least 4 members (excludes halogenated alkanes) is 2. The van der Waals surface area contributed by atoms with Crippen molar-refractivity contribution < 1.29 is 38.8 Å². The van der Waals surface area contributed by atoms with Crippen molar-refractivity contribution in [2.24, 2.45) is 10.8 Å². The Balaban J connectivity index is 1.67. The highest BCUT2D eigenvalue weighted by Crippen LogP contribution is 2.67. The van der Waals surface area contributed by atoms with E-state index >= 15 is 0 Å². The zero-order valence-electron chi connectivity index (χ0n) is 35.9. The first-order valence-corrected chi connectivity index (χ1v) is 20.2. The number of esters is 2. The van der Waals surface area contributed by atoms with Gasteiger partial charge in [0.15, 0.2) is 5.78 Å². The van der Waals surface area contributed by atoms with Crippen LogP contribution in [-0.2, 0) is 28.6 Å². The number of fused-ring (bicyclic) bond motifs is 1. The Labute approximate surface area is 336 Å². The summed E-state index contributed by atoms with van der Waals surface area (Å²) in [6, 6.07) is 0. The van der Waals surface area contributed by atoms with E-state index in [1.807, 2.05) is 102 Å². The van der Waals surface area contributed by atoms with Crippen molar-refractivity contribution in [3.63, 3.8) is 0 Å². The summed E-state index contributed by atoms with van der Waals surface area (Å²) in [4.78, 5) is 37.2. The van der Waals surface area contributed by atoms with Gasteiger partial charge < -0.3 is 24.4 Å². The van der Waals surface area contributed by atoms with E-state index in [0.29, 0.717) is 43.3 Å². The van der Waals surface area contributed by atoms with Crippen LogP contribution in [0.25, 0.3) is 0 Å². The molecule has 3 rings (SSSR count). The molecule has 0 aromatic rings. The van der Waals surface area contributed by atoms with Crippen LogP contribution in [-0.4, -0.2) is 63.6 Å². The lowest BCUT2D eigenvalue weighted by Crippen LogP contribution is -2.48. The molecule has 0 aromatic heterocycles. The molecule has 0 bridgehead atoms. The largest absolute Gasteiger partial charge is 0.462 e. The summed E-state index contributed by atoms with van der Waals surface area (Å²) < 4.78 is 17.3. The zero-order chi connectivity index (χ0) is 42.0. The highest BCUT2D eigenvalue weighted by molar-refractivity contribution is 5.96. The van der Waals surface area contributed by atoms with Crippen LogP contribution in [0.15, 0.2) is 100 Å². The molecule has 3 fully saturated rings. The Bertz CT molecular complexity index is 1710. The maximum Gasteiger partial charge on any atom is 0.306 e. The summed E-state index contributed by atoms with van der Waals surface area (Å²) >= 11 is 0. The summed E-state index contributed by atoms with van der Waals surface area (Å²) in [7, 11) is 0. The number of aliphatic hydroxyl groups excluding tert-OH is 1. The van der Waals surface area contributed by atoms with Gasteiger partial charge in [0.2, 0.25) is 0 Å². The van der Waals surface area contributed by atoms with E-state index < -0.39 is 28.3 Å². The van der Waals surface area contributed by atoms with Gasteiger partial charge >= 0.3 is 11.9 Å². The number of carbonyl (C=O) groups is 3. The van der Waals surface area contributed by atoms with Gasteiger partial charge in [-0.25, -0.2) is 0 Å². The SMILES string of the molecule is CCCCCC(=O)OC\C(C=C=C1C(C)(C)C[C@H](OC(C)=O)C[C@]1(C)O)=C/C=C/C(C)=C/C=C/C=C(C)/C=C/C=C(\C)C(=O)C[C@]12O[C@@]1(C)C[C@@H](O)CC2(C)C. The van der Waals surface area contributed by atoms with Crippen LogP contribution in [0, 0.1) is 10.8 Å². The third-order valence-electron chi connectivity index (χ3n) is 11.4. The molecule has 308 valence electrons. The van der Waals surface area contributed by atoms with Gasteiger partial charge in [-0.3, -0.25) is 14.4 Å². The Morgan fingerprint density at radius 3 is 2.04 bits per heavy atom. The van der Waals surface area contributed by atoms with E-state index in [2.05, 4.69) is 26.5 Å². The van der Waals surface area contributed by atoms with Crippen LogP contribution in [0.5, 0.6) is 0 Å². The molecule has 2 saturated carbocycles. The van der Waals surface area contributed by atoms with Crippen LogP contribution in [0.3, 0.4) is 0 Å². The molecule has 1 saturated heterocycles. The van der Waals surface area contributed by atoms with Gasteiger partial charge in [0.1, 0.15) is 18.3 Å². The molecule has 1 heterocycles. The maximum absolute atomic E-state index is 13.2. The minimum Gasteiger partial charge on any atom is -0.462 e. The Morgan fingerprint density at radius 2 is 1.46 bits per heavy atom. The number of ketones is 1. The van der Waals surface area contributed by atoms with Gasteiger partial charge in [0.25, 0.3) is 0 Å². The van der Waals surface area contributed by atoms with E-state index in [4.69, 9.17) is 14.2 Å². The number of aliphatic hydroxyl groups is 2. The molecule has 2 N–H and O–H groups in total. The molecule has 8 nitrogen and oxygen atoms in total. The molecule has 56 heavy (non-hydrogen) atoms. The van der Waals surface area contributed by atoms with Gasteiger partial charge in [-0.1, -0.05) is 119 Å². The van der Waals surface area contributed by atoms with Gasteiger partial charge in [0, 0.05) is 38.2 Å². The third kappa shape index (κ3) is 12.9. The van der Waals surface area contributed by atoms with Crippen molar-refractivity contribution in [2.75, 3.05) is 6.61 Å². The zero-order valence-corrected chi connectivity index (χ0v) is 35.9. The molecule has 3 aliphatic rings. The minimum absolute atomic E-state index is 0.0634. The van der Waals surface area contributed by atoms with Crippen molar-refractivity contribution >= 4 is 17.7 Å². The van der Waals surface area contributed by atoms with E-state index in [0.717, 1.165) is 36.0 Å². The highest BCUT2D eigenvalue weighted by Gasteiger charge is 2.76. The predicted molar refractivity (Wildman–Crippen MR) is 224 cm³/mol. The van der Waals surface area contributed by atoms with E-state index in [1.54, 1.807) is 13.0 Å². The lowest BCUT2D eigenvalue weighted by molar-refractivity contribution is -0.152. The molecule has 2 aliphatic carbocycles. The standard InChI is InChI=1S/C48H68O8/c1-12-13-14-25-43(52)54-33-38(26-27-42-44(6,7)30-40(55-37(5)49)31-46(42,10)53)24-18-22-35(3)20-16-15-19-34(2)21-17-23-36(4)41(51)32-48-45(8,9)28-39(50)29-47(48,11)56-48/h15-24,26,39-40,50,53H,12-14,25,28-33H2,1-11H3/b16-15+,21-17+,22-18+,34-19+,35-20+,36-23+,38-24-/t27?,39-,40-,46-,47-,48+/m0/s1. The van der Waals surface area contributed by atoms with Crippen LogP contribution >= 0.6 is 0 Å². The molecular formula is C48H68O8. The van der Waals surface area contributed by atoms with Gasteiger partial charge in [-0.05, 0) is 81.9 Å². The molecule has 0 unspecified atom stereocenters. The second-order valence-electron chi connectivity index (χ2n) is 17.8. The van der Waals surface area contributed by atoms with E-state index in [1.165, 1.54) is 6.92 Å². The maximum atomic E-state index is 13.2. The number of ether oxygens (including phenoxy) is 3. The molecule has 0 aromatic carbocycles. The number of epoxide rings is 1. The number of Topliss-reactive ketones (excluding diaryl/α,β-unsaturated/α-hetero) is 1. The third-order valence-corrected chi connectivity index (χ3v) is 11.4. The fourth-order valence-corrected chi connectivity index (χ4v) is 8.55. The number of carbonyl (C=O) groups excluding carboxylic acids is 3. The topological polar surface area (TPSA) is 123 Å². The Kier molecular flexibility index (Phi) is 16.3. The average Bonchev–Trinajstić information content (AvgIpc) is 3.68. The summed E-state index contributed by atoms with van der Waals surface area (Å²) in [5, 5.41) is 21.7. The lowest BCUT2D eigenvalue weighted by Gasteiger charge is -2.44. The van der Waals surface area contributed by atoms with Crippen LogP contribution in [0.1, 0.15) is 134 Å². The molecule has 0 spiro atoms. The van der Waals surface area contributed by atoms with Crippen molar-refractivity contribution in [2.45, 2.75) is 163 Å². The summed E-state index contributed by atoms with van der Waals surface area (Å²) in [5.41, 5.74) is 4.50. The first-order chi connectivity index (χ1) is 26.1. The molecule has 1 aliphatic heterocycles. The van der Waals surface area contributed by atoms with E-state index in [9.17, 15) is 24.6 Å². The molecule has 5 atom stereocenters. The van der Waals surface area contributed by atoms with Gasteiger partial charge in [-0.2, -0.15) is 0 Å². The Hall–Kier alpha value is -3.81. The highest BCUT2D eigenvalue weighted by atomic mass is 16.6. The monoisotopic (exact) mass is 772 g/mol. The number of rotatable bonds is 17. The van der Waals surface area contributed by atoms with Crippen molar-refractivity contribution in [1.29, 1.82) is 0 Å². The summed E-state index contributed by atoms with van der Waals surface area (Å²) in [6.45, 7) is 21.3. The fraction of sp³-hybridized carbons (Fsp3) is 0.583. The molecular weight excluding hydrogens is 705 g/mol. The van der Waals surface area contributed by atoms with Crippen LogP contribution < -0.4 is 0 Å². The van der Waals surface area contributed by atoms with Crippen LogP contribution in [0.2, 0.25) is 0 Å². The van der Waals surface area contributed by atoms with Gasteiger partial charge in [-0.15, -0.1) is 5.73 Å². The van der Waals surface area contributed by atoms with E-state index in [-0.39, 0.29) is 42.3 Å². The van der Waals surface area contributed by atoms with Crippen molar-refractivity contribution in [3.05, 3.63) is 100 Å². The van der Waals surface area contributed by atoms with Crippen molar-refractivity contribution in [3.8, 4) is 0 Å². The normalized spacial score (nSPS) is 29.3. The number of hydrogen-bond donors (Lipinski definition) is 2. The fourth-order valence-electron chi connectivity index (χ4n) is 8.55. The smallest absolute Gasteiger partial charge is 0.306 e. The molecule has 0 radical (unpaired) electrons. The van der Waals surface area contributed by atoms with Gasteiger partial charge in [0.05, 0.1) is 17.3 Å². The summed E-state index contributed by atoms with van der Waals surface area (Å²) in [5.74, 6) is -0.548. The average molecular weight is 773 g/mol. The van der Waals surface area contributed by atoms with Crippen LogP contribution in [0.4, 0.5) is 0 Å². The Morgan fingerprint density at radius 1 is 0.839 bits per heavy atom. The second kappa shape index (κ2) is 19.6. The number of hydrogen-bond acceptors (Lipinski definition) is 8. The first-order valence-electron chi connectivity index (χ1n) is 20.2.